The first kappa shape index (κ1) is 14.5. The van der Waals surface area contributed by atoms with Gasteiger partial charge < -0.3 is 0 Å². The Morgan fingerprint density at radius 1 is 1.16 bits per heavy atom. The van der Waals surface area contributed by atoms with E-state index in [-0.39, 0.29) is 0 Å². The molecule has 2 heteroatoms. The Kier molecular flexibility index (Phi) is 4.64. The lowest BCUT2D eigenvalue weighted by Gasteiger charge is -2.34. The van der Waals surface area contributed by atoms with Crippen LogP contribution in [0.2, 0.25) is 0 Å². The van der Waals surface area contributed by atoms with Gasteiger partial charge in [-0.2, -0.15) is 0 Å². The molecule has 0 heterocycles. The third-order valence-electron chi connectivity index (χ3n) is 4.68. The van der Waals surface area contributed by atoms with Crippen LogP contribution in [0, 0.1) is 32.6 Å². The van der Waals surface area contributed by atoms with E-state index in [0.717, 1.165) is 5.92 Å². The number of hydrazine groups is 1. The van der Waals surface area contributed by atoms with E-state index in [2.05, 4.69) is 45.3 Å². The number of rotatable bonds is 3. The largest absolute Gasteiger partial charge is 0.271 e. The molecule has 0 amide bonds. The van der Waals surface area contributed by atoms with E-state index in [9.17, 15) is 0 Å². The highest BCUT2D eigenvalue weighted by Crippen LogP contribution is 2.38. The van der Waals surface area contributed by atoms with Crippen molar-refractivity contribution in [1.82, 2.24) is 5.43 Å². The van der Waals surface area contributed by atoms with Gasteiger partial charge in [-0.1, -0.05) is 37.5 Å². The van der Waals surface area contributed by atoms with Gasteiger partial charge in [0, 0.05) is 6.04 Å². The normalized spacial score (nSPS) is 25.3. The number of benzene rings is 1. The van der Waals surface area contributed by atoms with Crippen LogP contribution in [0.15, 0.2) is 12.1 Å². The maximum atomic E-state index is 5.91. The van der Waals surface area contributed by atoms with Gasteiger partial charge >= 0.3 is 0 Å². The highest BCUT2D eigenvalue weighted by Gasteiger charge is 2.28. The van der Waals surface area contributed by atoms with E-state index in [1.807, 2.05) is 0 Å². The number of aryl methyl sites for hydroxylation is 3. The van der Waals surface area contributed by atoms with Gasteiger partial charge in [0.2, 0.25) is 0 Å². The fraction of sp³-hybridized carbons (Fsp3) is 0.647. The van der Waals surface area contributed by atoms with Gasteiger partial charge in [-0.25, -0.2) is 0 Å². The van der Waals surface area contributed by atoms with Crippen LogP contribution in [0.5, 0.6) is 0 Å². The lowest BCUT2D eigenvalue weighted by atomic mass is 9.75. The molecule has 1 fully saturated rings. The molecule has 0 aromatic heterocycles. The Morgan fingerprint density at radius 3 is 2.32 bits per heavy atom. The Labute approximate surface area is 117 Å². The zero-order valence-corrected chi connectivity index (χ0v) is 12.8. The molecule has 0 radical (unpaired) electrons. The molecular weight excluding hydrogens is 232 g/mol. The van der Waals surface area contributed by atoms with E-state index in [4.69, 9.17) is 5.84 Å². The first-order valence-electron chi connectivity index (χ1n) is 7.56. The molecule has 19 heavy (non-hydrogen) atoms. The topological polar surface area (TPSA) is 38.0 Å². The van der Waals surface area contributed by atoms with Crippen molar-refractivity contribution >= 4 is 0 Å². The number of hydrogen-bond acceptors (Lipinski definition) is 2. The van der Waals surface area contributed by atoms with Crippen LogP contribution in [-0.4, -0.2) is 0 Å². The standard InChI is InChI=1S/C17H28N2/c1-11-6-5-7-15(10-11)17(19-18)16-13(3)8-12(2)9-14(16)4/h8-9,11,15,17,19H,5-7,10,18H2,1-4H3. The van der Waals surface area contributed by atoms with Gasteiger partial charge in [-0.3, -0.25) is 11.3 Å². The minimum atomic E-state index is 0.309. The zero-order chi connectivity index (χ0) is 14.0. The van der Waals surface area contributed by atoms with Crippen molar-refractivity contribution in [3.8, 4) is 0 Å². The van der Waals surface area contributed by atoms with Gasteiger partial charge in [-0.05, 0) is 62.1 Å². The summed E-state index contributed by atoms with van der Waals surface area (Å²) in [7, 11) is 0. The summed E-state index contributed by atoms with van der Waals surface area (Å²) in [6.45, 7) is 8.96. The average molecular weight is 260 g/mol. The Hall–Kier alpha value is -0.860. The Morgan fingerprint density at radius 2 is 1.79 bits per heavy atom. The number of hydrogen-bond donors (Lipinski definition) is 2. The van der Waals surface area contributed by atoms with Gasteiger partial charge in [0.15, 0.2) is 0 Å². The van der Waals surface area contributed by atoms with Crippen molar-refractivity contribution in [1.29, 1.82) is 0 Å². The average Bonchev–Trinajstić information content (AvgIpc) is 2.33. The molecule has 1 aromatic rings. The van der Waals surface area contributed by atoms with E-state index in [0.29, 0.717) is 12.0 Å². The van der Waals surface area contributed by atoms with Crippen LogP contribution in [0.1, 0.15) is 60.9 Å². The first-order valence-corrected chi connectivity index (χ1v) is 7.56. The summed E-state index contributed by atoms with van der Waals surface area (Å²) in [5.74, 6) is 7.42. The smallest absolute Gasteiger partial charge is 0.0493 e. The molecule has 2 rings (SSSR count). The van der Waals surface area contributed by atoms with E-state index in [1.165, 1.54) is 47.9 Å². The second-order valence-corrected chi connectivity index (χ2v) is 6.49. The number of nitrogens with two attached hydrogens (primary N) is 1. The lowest BCUT2D eigenvalue weighted by Crippen LogP contribution is -2.36. The summed E-state index contributed by atoms with van der Waals surface area (Å²) in [5, 5.41) is 0. The molecule has 1 saturated carbocycles. The molecule has 1 aliphatic carbocycles. The monoisotopic (exact) mass is 260 g/mol. The van der Waals surface area contributed by atoms with Crippen molar-refractivity contribution in [2.24, 2.45) is 17.7 Å². The third kappa shape index (κ3) is 3.18. The highest BCUT2D eigenvalue weighted by molar-refractivity contribution is 5.40. The van der Waals surface area contributed by atoms with Crippen molar-refractivity contribution in [2.45, 2.75) is 59.4 Å². The molecule has 106 valence electrons. The van der Waals surface area contributed by atoms with Crippen LogP contribution in [0.3, 0.4) is 0 Å². The molecule has 0 aliphatic heterocycles. The van der Waals surface area contributed by atoms with Gasteiger partial charge in [0.05, 0.1) is 0 Å². The lowest BCUT2D eigenvalue weighted by molar-refractivity contribution is 0.223. The van der Waals surface area contributed by atoms with Gasteiger partial charge in [-0.15, -0.1) is 0 Å². The molecular formula is C17H28N2. The Bertz CT molecular complexity index is 416. The van der Waals surface area contributed by atoms with E-state index >= 15 is 0 Å². The van der Waals surface area contributed by atoms with E-state index < -0.39 is 0 Å². The fourth-order valence-electron chi connectivity index (χ4n) is 3.92. The third-order valence-corrected chi connectivity index (χ3v) is 4.68. The summed E-state index contributed by atoms with van der Waals surface area (Å²) < 4.78 is 0. The SMILES string of the molecule is Cc1cc(C)c(C(NN)C2CCCC(C)C2)c(C)c1. The molecule has 3 N–H and O–H groups in total. The van der Waals surface area contributed by atoms with Gasteiger partial charge in [0.1, 0.15) is 0 Å². The molecule has 2 nitrogen and oxygen atoms in total. The maximum absolute atomic E-state index is 5.91. The molecule has 3 unspecified atom stereocenters. The number of nitrogens with one attached hydrogen (secondary N) is 1. The minimum absolute atomic E-state index is 0.309. The van der Waals surface area contributed by atoms with Crippen molar-refractivity contribution in [2.75, 3.05) is 0 Å². The summed E-state index contributed by atoms with van der Waals surface area (Å²) in [4.78, 5) is 0. The predicted molar refractivity (Wildman–Crippen MR) is 81.8 cm³/mol. The molecule has 0 saturated heterocycles. The second kappa shape index (κ2) is 6.06. The van der Waals surface area contributed by atoms with Gasteiger partial charge in [0.25, 0.3) is 0 Å². The van der Waals surface area contributed by atoms with Crippen LogP contribution < -0.4 is 11.3 Å². The summed E-state index contributed by atoms with van der Waals surface area (Å²) in [6, 6.07) is 4.86. The molecule has 1 aromatic carbocycles. The quantitative estimate of drug-likeness (QED) is 0.638. The highest BCUT2D eigenvalue weighted by atomic mass is 15.2. The zero-order valence-electron chi connectivity index (χ0n) is 12.8. The summed E-state index contributed by atoms with van der Waals surface area (Å²) in [6.07, 6.45) is 5.31. The van der Waals surface area contributed by atoms with Crippen molar-refractivity contribution in [3.63, 3.8) is 0 Å². The van der Waals surface area contributed by atoms with E-state index in [1.54, 1.807) is 0 Å². The molecule has 0 bridgehead atoms. The second-order valence-electron chi connectivity index (χ2n) is 6.49. The fourth-order valence-corrected chi connectivity index (χ4v) is 3.92. The molecule has 1 aliphatic rings. The van der Waals surface area contributed by atoms with Crippen molar-refractivity contribution < 1.29 is 0 Å². The minimum Gasteiger partial charge on any atom is -0.271 e. The van der Waals surface area contributed by atoms with Crippen molar-refractivity contribution in [3.05, 3.63) is 34.4 Å². The Balaban J connectivity index is 2.31. The first-order chi connectivity index (χ1) is 9.02. The maximum Gasteiger partial charge on any atom is 0.0493 e. The van der Waals surface area contributed by atoms with Crippen LogP contribution in [0.25, 0.3) is 0 Å². The summed E-state index contributed by atoms with van der Waals surface area (Å²) >= 11 is 0. The predicted octanol–water partition coefficient (Wildman–Crippen LogP) is 3.94. The summed E-state index contributed by atoms with van der Waals surface area (Å²) in [5.41, 5.74) is 8.62. The van der Waals surface area contributed by atoms with Crippen LogP contribution in [0.4, 0.5) is 0 Å². The molecule has 3 atom stereocenters. The van der Waals surface area contributed by atoms with Crippen LogP contribution >= 0.6 is 0 Å². The molecule has 0 spiro atoms. The van der Waals surface area contributed by atoms with Crippen LogP contribution in [-0.2, 0) is 0 Å².